The Labute approximate surface area is 79.7 Å². The van der Waals surface area contributed by atoms with Crippen LogP contribution in [0.15, 0.2) is 42.0 Å². The molecule has 1 aromatic rings. The molecule has 0 saturated heterocycles. The van der Waals surface area contributed by atoms with Gasteiger partial charge in [0.15, 0.2) is 0 Å². The van der Waals surface area contributed by atoms with Crippen LogP contribution in [0.2, 0.25) is 0 Å². The fourth-order valence-corrected chi connectivity index (χ4v) is 1.33. The van der Waals surface area contributed by atoms with Crippen molar-refractivity contribution in [2.24, 2.45) is 0 Å². The van der Waals surface area contributed by atoms with Crippen LogP contribution in [0.25, 0.3) is 0 Å². The Morgan fingerprint density at radius 1 is 1.38 bits per heavy atom. The van der Waals surface area contributed by atoms with Gasteiger partial charge in [-0.1, -0.05) is 43.3 Å². The van der Waals surface area contributed by atoms with Crippen LogP contribution < -0.4 is 0 Å². The number of rotatable bonds is 3. The molecule has 13 heavy (non-hydrogen) atoms. The van der Waals surface area contributed by atoms with Crippen molar-refractivity contribution in [3.05, 3.63) is 47.5 Å². The predicted molar refractivity (Wildman–Crippen MR) is 55.4 cm³/mol. The number of benzene rings is 1. The fourth-order valence-electron chi connectivity index (χ4n) is 1.33. The van der Waals surface area contributed by atoms with Crippen LogP contribution >= 0.6 is 0 Å². The molecular weight excluding hydrogens is 160 g/mol. The van der Waals surface area contributed by atoms with Crippen molar-refractivity contribution in [1.29, 1.82) is 0 Å². The number of allylic oxidation sites excluding steroid dienone is 1. The van der Waals surface area contributed by atoms with Gasteiger partial charge in [0.2, 0.25) is 0 Å². The summed E-state index contributed by atoms with van der Waals surface area (Å²) < 4.78 is 0. The van der Waals surface area contributed by atoms with E-state index in [1.54, 1.807) is 0 Å². The third kappa shape index (κ3) is 2.71. The van der Waals surface area contributed by atoms with Crippen LogP contribution in [-0.2, 0) is 0 Å². The molecule has 1 atom stereocenters. The van der Waals surface area contributed by atoms with E-state index in [4.69, 9.17) is 0 Å². The van der Waals surface area contributed by atoms with Crippen molar-refractivity contribution >= 4 is 0 Å². The Balaban J connectivity index is 2.79. The third-order valence-corrected chi connectivity index (χ3v) is 2.07. The number of hydrogen-bond donors (Lipinski definition) is 1. The van der Waals surface area contributed by atoms with E-state index in [0.717, 1.165) is 17.6 Å². The number of aliphatic hydroxyl groups excluding tert-OH is 1. The SMILES string of the molecule is CC/C=C(\C)[C@@H](O)c1ccccc1. The zero-order valence-corrected chi connectivity index (χ0v) is 8.20. The van der Waals surface area contributed by atoms with Gasteiger partial charge in [0, 0.05) is 0 Å². The molecule has 0 aromatic heterocycles. The zero-order chi connectivity index (χ0) is 9.68. The molecule has 1 aromatic carbocycles. The summed E-state index contributed by atoms with van der Waals surface area (Å²) >= 11 is 0. The molecular formula is C12H16O. The van der Waals surface area contributed by atoms with Crippen LogP contribution in [0.4, 0.5) is 0 Å². The Morgan fingerprint density at radius 2 is 2.00 bits per heavy atom. The van der Waals surface area contributed by atoms with Gasteiger partial charge >= 0.3 is 0 Å². The molecule has 1 nitrogen and oxygen atoms in total. The van der Waals surface area contributed by atoms with Crippen LogP contribution in [-0.4, -0.2) is 5.11 Å². The van der Waals surface area contributed by atoms with E-state index in [1.807, 2.05) is 37.3 Å². The maximum Gasteiger partial charge on any atom is 0.0998 e. The van der Waals surface area contributed by atoms with Crippen molar-refractivity contribution in [1.82, 2.24) is 0 Å². The molecule has 1 N–H and O–H groups in total. The van der Waals surface area contributed by atoms with Gasteiger partial charge in [0.1, 0.15) is 0 Å². The minimum atomic E-state index is -0.443. The van der Waals surface area contributed by atoms with Crippen LogP contribution in [0.3, 0.4) is 0 Å². The molecule has 0 unspecified atom stereocenters. The molecule has 70 valence electrons. The summed E-state index contributed by atoms with van der Waals surface area (Å²) in [6.45, 7) is 4.03. The van der Waals surface area contributed by atoms with E-state index in [0.29, 0.717) is 0 Å². The molecule has 0 bridgehead atoms. The Bertz CT molecular complexity index is 274. The minimum Gasteiger partial charge on any atom is -0.384 e. The second-order valence-corrected chi connectivity index (χ2v) is 3.17. The molecule has 0 amide bonds. The van der Waals surface area contributed by atoms with Crippen LogP contribution in [0, 0.1) is 0 Å². The molecule has 0 spiro atoms. The summed E-state index contributed by atoms with van der Waals surface area (Å²) in [6.07, 6.45) is 2.58. The standard InChI is InChI=1S/C12H16O/c1-3-7-10(2)12(13)11-8-5-4-6-9-11/h4-9,12-13H,3H2,1-2H3/b10-7+/t12-/m1/s1. The van der Waals surface area contributed by atoms with E-state index >= 15 is 0 Å². The second-order valence-electron chi connectivity index (χ2n) is 3.17. The summed E-state index contributed by atoms with van der Waals surface area (Å²) in [5.74, 6) is 0. The maximum atomic E-state index is 9.85. The topological polar surface area (TPSA) is 20.2 Å². The molecule has 1 rings (SSSR count). The quantitative estimate of drug-likeness (QED) is 0.702. The lowest BCUT2D eigenvalue weighted by Gasteiger charge is -2.11. The highest BCUT2D eigenvalue weighted by Crippen LogP contribution is 2.20. The second kappa shape index (κ2) is 4.83. The lowest BCUT2D eigenvalue weighted by Crippen LogP contribution is -1.98. The van der Waals surface area contributed by atoms with E-state index in [-0.39, 0.29) is 0 Å². The minimum absolute atomic E-state index is 0.443. The van der Waals surface area contributed by atoms with Gasteiger partial charge in [-0.25, -0.2) is 0 Å². The van der Waals surface area contributed by atoms with Gasteiger partial charge in [0.05, 0.1) is 6.10 Å². The van der Waals surface area contributed by atoms with E-state index in [9.17, 15) is 5.11 Å². The van der Waals surface area contributed by atoms with Gasteiger partial charge < -0.3 is 5.11 Å². The monoisotopic (exact) mass is 176 g/mol. The van der Waals surface area contributed by atoms with E-state index in [1.165, 1.54) is 0 Å². The van der Waals surface area contributed by atoms with Crippen molar-refractivity contribution in [2.45, 2.75) is 26.4 Å². The van der Waals surface area contributed by atoms with Gasteiger partial charge in [-0.15, -0.1) is 0 Å². The predicted octanol–water partition coefficient (Wildman–Crippen LogP) is 3.08. The first-order valence-corrected chi connectivity index (χ1v) is 4.65. The van der Waals surface area contributed by atoms with Gasteiger partial charge in [-0.3, -0.25) is 0 Å². The van der Waals surface area contributed by atoms with Crippen molar-refractivity contribution in [2.75, 3.05) is 0 Å². The highest BCUT2D eigenvalue weighted by atomic mass is 16.3. The lowest BCUT2D eigenvalue weighted by molar-refractivity contribution is 0.215. The zero-order valence-electron chi connectivity index (χ0n) is 8.20. The molecule has 0 saturated carbocycles. The Morgan fingerprint density at radius 3 is 2.54 bits per heavy atom. The third-order valence-electron chi connectivity index (χ3n) is 2.07. The largest absolute Gasteiger partial charge is 0.384 e. The van der Waals surface area contributed by atoms with Crippen LogP contribution in [0.1, 0.15) is 31.9 Å². The lowest BCUT2D eigenvalue weighted by atomic mass is 10.0. The number of hydrogen-bond acceptors (Lipinski definition) is 1. The summed E-state index contributed by atoms with van der Waals surface area (Å²) in [6, 6.07) is 9.72. The molecule has 0 aliphatic carbocycles. The highest BCUT2D eigenvalue weighted by molar-refractivity contribution is 5.24. The molecule has 0 aliphatic heterocycles. The number of aliphatic hydroxyl groups is 1. The molecule has 0 fully saturated rings. The summed E-state index contributed by atoms with van der Waals surface area (Å²) in [5, 5.41) is 9.85. The molecule has 0 aliphatic rings. The van der Waals surface area contributed by atoms with Crippen molar-refractivity contribution in [3.8, 4) is 0 Å². The summed E-state index contributed by atoms with van der Waals surface area (Å²) in [7, 11) is 0. The smallest absolute Gasteiger partial charge is 0.0998 e. The average Bonchev–Trinajstić information content (AvgIpc) is 2.18. The first kappa shape index (κ1) is 10.0. The van der Waals surface area contributed by atoms with Crippen LogP contribution in [0.5, 0.6) is 0 Å². The Hall–Kier alpha value is -1.08. The van der Waals surface area contributed by atoms with E-state index in [2.05, 4.69) is 13.0 Å². The van der Waals surface area contributed by atoms with Gasteiger partial charge in [-0.05, 0) is 24.5 Å². The molecule has 1 heteroatoms. The fraction of sp³-hybridized carbons (Fsp3) is 0.333. The normalized spacial score (nSPS) is 14.2. The molecule has 0 heterocycles. The summed E-state index contributed by atoms with van der Waals surface area (Å²) in [5.41, 5.74) is 1.98. The van der Waals surface area contributed by atoms with Crippen molar-refractivity contribution < 1.29 is 5.11 Å². The maximum absolute atomic E-state index is 9.85. The first-order chi connectivity index (χ1) is 6.25. The first-order valence-electron chi connectivity index (χ1n) is 4.65. The van der Waals surface area contributed by atoms with Gasteiger partial charge in [0.25, 0.3) is 0 Å². The average molecular weight is 176 g/mol. The highest BCUT2D eigenvalue weighted by Gasteiger charge is 2.07. The van der Waals surface area contributed by atoms with E-state index < -0.39 is 6.10 Å². The van der Waals surface area contributed by atoms with Gasteiger partial charge in [-0.2, -0.15) is 0 Å². The Kier molecular flexibility index (Phi) is 3.71. The van der Waals surface area contributed by atoms with Crippen molar-refractivity contribution in [3.63, 3.8) is 0 Å². The summed E-state index contributed by atoms with van der Waals surface area (Å²) in [4.78, 5) is 0. The molecule has 0 radical (unpaired) electrons.